The first kappa shape index (κ1) is 56.3. The molecule has 0 aliphatic heterocycles. The largest absolute Gasteiger partial charge is 2.00 e. The fourth-order valence-electron chi connectivity index (χ4n) is 7.41. The van der Waals surface area contributed by atoms with Gasteiger partial charge in [-0.2, -0.15) is 8.42 Å². The van der Waals surface area contributed by atoms with Crippen molar-refractivity contribution in [2.24, 2.45) is 0 Å². The molecule has 4 rings (SSSR count). The molecule has 0 radical (unpaired) electrons. The summed E-state index contributed by atoms with van der Waals surface area (Å²) in [4.78, 5) is -0.733. The van der Waals surface area contributed by atoms with Gasteiger partial charge < -0.3 is 24.2 Å². The van der Waals surface area contributed by atoms with Crippen molar-refractivity contribution in [3.8, 4) is 34.5 Å². The van der Waals surface area contributed by atoms with E-state index in [9.17, 15) is 36.2 Å². The van der Waals surface area contributed by atoms with Gasteiger partial charge in [0.25, 0.3) is 10.1 Å². The minimum atomic E-state index is -4.66. The Morgan fingerprint density at radius 1 is 0.492 bits per heavy atom. The molecule has 4 aromatic rings. The van der Waals surface area contributed by atoms with Crippen molar-refractivity contribution in [1.29, 1.82) is 0 Å². The van der Waals surface area contributed by atoms with Crippen LogP contribution in [0.15, 0.2) is 94.7 Å². The number of phenols is 1. The summed E-state index contributed by atoms with van der Waals surface area (Å²) in [6.45, 7) is 4.48. The Labute approximate surface area is 408 Å². The van der Waals surface area contributed by atoms with E-state index in [2.05, 4.69) is 13.8 Å². The first-order valence-electron chi connectivity index (χ1n) is 22.9. The van der Waals surface area contributed by atoms with Crippen LogP contribution in [0.3, 0.4) is 0 Å². The number of hydrogen-bond donors (Lipinski definition) is 2. The number of phenolic OH excluding ortho intramolecular Hbond substituents is 1. The van der Waals surface area contributed by atoms with Crippen LogP contribution < -0.4 is 14.6 Å². The number of benzene rings is 4. The molecule has 0 aliphatic rings. The van der Waals surface area contributed by atoms with Crippen molar-refractivity contribution in [3.63, 3.8) is 0 Å². The van der Waals surface area contributed by atoms with Crippen molar-refractivity contribution in [2.75, 3.05) is 0 Å². The quantitative estimate of drug-likeness (QED) is 0.0291. The van der Waals surface area contributed by atoms with Crippen LogP contribution in [0.25, 0.3) is 0 Å². The zero-order chi connectivity index (χ0) is 45.1. The van der Waals surface area contributed by atoms with Crippen LogP contribution in [0.1, 0.15) is 166 Å². The molecule has 63 heavy (non-hydrogen) atoms. The zero-order valence-electron chi connectivity index (χ0n) is 37.7. The summed E-state index contributed by atoms with van der Waals surface area (Å²) in [6.07, 6.45) is 29.5. The van der Waals surface area contributed by atoms with Crippen LogP contribution >= 0.6 is 0 Å². The topological polar surface area (TPSA) is 173 Å². The van der Waals surface area contributed by atoms with Gasteiger partial charge in [-0.1, -0.05) is 173 Å². The van der Waals surface area contributed by atoms with E-state index in [-0.39, 0.29) is 71.4 Å². The van der Waals surface area contributed by atoms with Crippen LogP contribution in [-0.4, -0.2) is 68.8 Å². The fraction of sp³-hybridized carbons (Fsp3) is 0.520. The third kappa shape index (κ3) is 24.3. The van der Waals surface area contributed by atoms with Crippen LogP contribution in [0, 0.1) is 0 Å². The van der Waals surface area contributed by atoms with E-state index < -0.39 is 25.1 Å². The molecule has 0 aliphatic carbocycles. The first-order valence-corrected chi connectivity index (χ1v) is 25.8. The van der Waals surface area contributed by atoms with Gasteiger partial charge in [0.15, 0.2) is 0 Å². The second kappa shape index (κ2) is 31.9. The van der Waals surface area contributed by atoms with E-state index in [4.69, 9.17) is 9.47 Å². The predicted molar refractivity (Wildman–Crippen MR) is 251 cm³/mol. The molecular formula is C50H70CaO10S2. The second-order valence-electron chi connectivity index (χ2n) is 16.2. The molecule has 4 aromatic carbocycles. The van der Waals surface area contributed by atoms with Crippen LogP contribution in [0.5, 0.6) is 34.5 Å². The molecule has 0 saturated carbocycles. The average molecular weight is 935 g/mol. The second-order valence-corrected chi connectivity index (χ2v) is 19.0. The van der Waals surface area contributed by atoms with Gasteiger partial charge in [-0.15, -0.1) is 5.75 Å². The molecule has 0 unspecified atom stereocenters. The standard InChI is InChI=1S/2C25H36O5S.Ca/c2*1-2-3-4-5-6-7-8-9-10-11-12-15-21-18-22(26)20-23(19-21)30-24-16-13-14-17-25(24)31(27,28)29;/h2*13-14,16-20,26H,2-12,15H2,1H3,(H,27,28,29);/q;;+2/p-2. The fourth-order valence-corrected chi connectivity index (χ4v) is 8.63. The summed E-state index contributed by atoms with van der Waals surface area (Å²) in [6, 6.07) is 21.1. The molecule has 0 heterocycles. The van der Waals surface area contributed by atoms with Crippen molar-refractivity contribution in [3.05, 3.63) is 96.1 Å². The number of aromatic hydroxyl groups is 1. The van der Waals surface area contributed by atoms with E-state index in [1.807, 2.05) is 0 Å². The Bertz CT molecular complexity index is 1940. The molecule has 10 nitrogen and oxygen atoms in total. The summed E-state index contributed by atoms with van der Waals surface area (Å²) in [5, 5.41) is 22.1. The summed E-state index contributed by atoms with van der Waals surface area (Å²) in [7, 11) is -9.06. The van der Waals surface area contributed by atoms with E-state index in [1.165, 1.54) is 164 Å². The molecule has 0 spiro atoms. The van der Waals surface area contributed by atoms with Gasteiger partial charge in [0.05, 0.1) is 4.90 Å². The number of rotatable bonds is 30. The van der Waals surface area contributed by atoms with Crippen molar-refractivity contribution in [1.82, 2.24) is 0 Å². The van der Waals surface area contributed by atoms with E-state index >= 15 is 0 Å². The molecule has 344 valence electrons. The number of hydrogen-bond acceptors (Lipinski definition) is 9. The third-order valence-electron chi connectivity index (χ3n) is 10.7. The Hall–Kier alpha value is -2.84. The molecule has 0 bridgehead atoms. The van der Waals surface area contributed by atoms with Crippen molar-refractivity contribution >= 4 is 58.0 Å². The van der Waals surface area contributed by atoms with E-state index in [0.717, 1.165) is 49.7 Å². The molecule has 0 atom stereocenters. The maximum Gasteiger partial charge on any atom is 2.00 e. The summed E-state index contributed by atoms with van der Waals surface area (Å²) >= 11 is 0. The number of para-hydroxylation sites is 2. The van der Waals surface area contributed by atoms with E-state index in [1.54, 1.807) is 36.4 Å². The van der Waals surface area contributed by atoms with Gasteiger partial charge in [0.1, 0.15) is 43.8 Å². The van der Waals surface area contributed by atoms with Gasteiger partial charge in [-0.3, -0.25) is 4.55 Å². The predicted octanol–water partition coefficient (Wildman–Crippen LogP) is 13.2. The van der Waals surface area contributed by atoms with Crippen LogP contribution in [-0.2, 0) is 33.1 Å². The first-order chi connectivity index (χ1) is 29.8. The zero-order valence-corrected chi connectivity index (χ0v) is 41.6. The van der Waals surface area contributed by atoms with Gasteiger partial charge in [0.2, 0.25) is 0 Å². The summed E-state index contributed by atoms with van der Waals surface area (Å²) in [5.41, 5.74) is 1.80. The molecule has 2 N–H and O–H groups in total. The Morgan fingerprint density at radius 2 is 0.857 bits per heavy atom. The third-order valence-corrected chi connectivity index (χ3v) is 12.5. The van der Waals surface area contributed by atoms with Crippen LogP contribution in [0.4, 0.5) is 0 Å². The summed E-state index contributed by atoms with van der Waals surface area (Å²) in [5.74, 6) is 0.425. The summed E-state index contributed by atoms with van der Waals surface area (Å²) < 4.78 is 77.9. The Kier molecular flexibility index (Phi) is 28.5. The normalized spacial score (nSPS) is 11.4. The Morgan fingerprint density at radius 3 is 1.29 bits per heavy atom. The SMILES string of the molecule is CCCCCCCCCCCCCc1cc(O)cc(Oc2ccccc2S(=O)(=O)O)c1.CCCCCCCCCCCCCc1cc([O-])cc(Oc2ccccc2S(=O)(=O)[O-])c1.[Ca+2]. The maximum atomic E-state index is 12.0. The average Bonchev–Trinajstić information content (AvgIpc) is 3.21. The minimum absolute atomic E-state index is 0. The number of ether oxygens (including phenoxy) is 2. The molecule has 13 heteroatoms. The van der Waals surface area contributed by atoms with Crippen molar-refractivity contribution in [2.45, 2.75) is 178 Å². The van der Waals surface area contributed by atoms with Gasteiger partial charge in [-0.05, 0) is 85.3 Å². The Balaban J connectivity index is 0.000000427. The van der Waals surface area contributed by atoms with Crippen molar-refractivity contribution < 1.29 is 45.6 Å². The van der Waals surface area contributed by atoms with Crippen LogP contribution in [0.2, 0.25) is 0 Å². The smallest absolute Gasteiger partial charge is 0.872 e. The molecule has 0 amide bonds. The van der Waals surface area contributed by atoms with Gasteiger partial charge >= 0.3 is 37.7 Å². The molecule has 0 saturated heterocycles. The number of aryl methyl sites for hydroxylation is 2. The minimum Gasteiger partial charge on any atom is -0.872 e. The molecular weight excluding hydrogens is 865 g/mol. The number of unbranched alkanes of at least 4 members (excludes halogenated alkanes) is 20. The molecule has 0 fully saturated rings. The maximum absolute atomic E-state index is 12.0. The van der Waals surface area contributed by atoms with Gasteiger partial charge in [0, 0.05) is 6.07 Å². The van der Waals surface area contributed by atoms with E-state index in [0.29, 0.717) is 5.75 Å². The van der Waals surface area contributed by atoms with Gasteiger partial charge in [-0.25, -0.2) is 8.42 Å². The molecule has 0 aromatic heterocycles. The monoisotopic (exact) mass is 934 g/mol.